The van der Waals surface area contributed by atoms with Crippen LogP contribution >= 0.6 is 34.8 Å². The van der Waals surface area contributed by atoms with E-state index in [-0.39, 0.29) is 0 Å². The molecule has 17 heavy (non-hydrogen) atoms. The number of aliphatic hydroxyl groups is 1. The lowest BCUT2D eigenvalue weighted by atomic mass is 10.1. The third-order valence-electron chi connectivity index (χ3n) is 2.13. The number of carbonyl (C=O) groups is 1. The first kappa shape index (κ1) is 14.6. The zero-order valence-corrected chi connectivity index (χ0v) is 11.3. The molecular weight excluding hydrogens is 284 g/mol. The number of hydrogen-bond donors (Lipinski definition) is 2. The maximum absolute atomic E-state index is 10.8. The first-order valence-electron chi connectivity index (χ1n) is 4.87. The standard InChI is InChI=1S/C11H12Cl3NO2/c1-7(16)15-10(17)11(13,14)9(12)8-5-3-2-4-6-8/h2-6,9-10,17H,1H3,(H,15,16)/t9-,10-/m0/s1. The van der Waals surface area contributed by atoms with Crippen LogP contribution in [0.2, 0.25) is 0 Å². The van der Waals surface area contributed by atoms with Crippen LogP contribution in [0.3, 0.4) is 0 Å². The molecule has 0 saturated heterocycles. The van der Waals surface area contributed by atoms with Gasteiger partial charge >= 0.3 is 0 Å². The van der Waals surface area contributed by atoms with Gasteiger partial charge in [0.1, 0.15) is 0 Å². The monoisotopic (exact) mass is 295 g/mol. The van der Waals surface area contributed by atoms with Gasteiger partial charge in [0.05, 0.1) is 5.38 Å². The van der Waals surface area contributed by atoms with Gasteiger partial charge in [0, 0.05) is 6.92 Å². The van der Waals surface area contributed by atoms with Crippen LogP contribution in [-0.2, 0) is 4.79 Å². The Hall–Kier alpha value is -0.480. The summed E-state index contributed by atoms with van der Waals surface area (Å²) in [5, 5.41) is 11.0. The maximum Gasteiger partial charge on any atom is 0.218 e. The second kappa shape index (κ2) is 5.91. The smallest absolute Gasteiger partial charge is 0.218 e. The zero-order chi connectivity index (χ0) is 13.1. The average Bonchev–Trinajstić information content (AvgIpc) is 2.28. The topological polar surface area (TPSA) is 49.3 Å². The number of benzene rings is 1. The number of alkyl halides is 3. The SMILES string of the molecule is CC(=O)N[C@@H](O)C(Cl)(Cl)[C@@H](Cl)c1ccccc1. The Morgan fingerprint density at radius 1 is 1.35 bits per heavy atom. The van der Waals surface area contributed by atoms with Crippen molar-refractivity contribution < 1.29 is 9.90 Å². The van der Waals surface area contributed by atoms with E-state index in [2.05, 4.69) is 5.32 Å². The lowest BCUT2D eigenvalue weighted by molar-refractivity contribution is -0.122. The fourth-order valence-corrected chi connectivity index (χ4v) is 1.90. The third kappa shape index (κ3) is 3.75. The number of amides is 1. The Balaban J connectivity index is 2.86. The van der Waals surface area contributed by atoms with Crippen molar-refractivity contribution in [3.8, 4) is 0 Å². The summed E-state index contributed by atoms with van der Waals surface area (Å²) in [4.78, 5) is 10.8. The Kier molecular flexibility index (Phi) is 5.07. The summed E-state index contributed by atoms with van der Waals surface area (Å²) in [7, 11) is 0. The van der Waals surface area contributed by atoms with E-state index in [0.29, 0.717) is 5.56 Å². The summed E-state index contributed by atoms with van der Waals surface area (Å²) < 4.78 is -1.71. The normalized spacial score (nSPS) is 15.1. The quantitative estimate of drug-likeness (QED) is 0.663. The molecule has 1 aromatic rings. The van der Waals surface area contributed by atoms with E-state index in [0.717, 1.165) is 0 Å². The van der Waals surface area contributed by atoms with Gasteiger partial charge in [-0.05, 0) is 5.56 Å². The van der Waals surface area contributed by atoms with Crippen LogP contribution < -0.4 is 5.32 Å². The van der Waals surface area contributed by atoms with Crippen LogP contribution in [0, 0.1) is 0 Å². The molecule has 0 fully saturated rings. The maximum atomic E-state index is 10.8. The highest BCUT2D eigenvalue weighted by Crippen LogP contribution is 2.42. The Labute approximate surface area is 115 Å². The summed E-state index contributed by atoms with van der Waals surface area (Å²) in [6.07, 6.45) is -1.45. The molecule has 0 aliphatic carbocycles. The van der Waals surface area contributed by atoms with E-state index in [4.69, 9.17) is 34.8 Å². The number of halogens is 3. The molecule has 6 heteroatoms. The van der Waals surface area contributed by atoms with Crippen LogP contribution in [0.5, 0.6) is 0 Å². The first-order chi connectivity index (χ1) is 7.85. The van der Waals surface area contributed by atoms with Gasteiger partial charge in [-0.15, -0.1) is 11.6 Å². The lowest BCUT2D eigenvalue weighted by Gasteiger charge is -2.30. The first-order valence-corrected chi connectivity index (χ1v) is 6.07. The minimum Gasteiger partial charge on any atom is -0.370 e. The van der Waals surface area contributed by atoms with Crippen molar-refractivity contribution >= 4 is 40.7 Å². The van der Waals surface area contributed by atoms with Crippen molar-refractivity contribution in [3.05, 3.63) is 35.9 Å². The summed E-state index contributed by atoms with van der Waals surface area (Å²) in [6.45, 7) is 1.25. The molecular formula is C11H12Cl3NO2. The highest BCUT2D eigenvalue weighted by Gasteiger charge is 2.42. The zero-order valence-electron chi connectivity index (χ0n) is 9.03. The highest BCUT2D eigenvalue weighted by molar-refractivity contribution is 6.52. The fraction of sp³-hybridized carbons (Fsp3) is 0.364. The second-order valence-electron chi connectivity index (χ2n) is 3.55. The number of carbonyl (C=O) groups excluding carboxylic acids is 1. The molecule has 1 rings (SSSR count). The number of nitrogens with one attached hydrogen (secondary N) is 1. The molecule has 0 aliphatic heterocycles. The summed E-state index contributed by atoms with van der Waals surface area (Å²) in [5.74, 6) is -0.444. The van der Waals surface area contributed by atoms with Crippen LogP contribution in [0.4, 0.5) is 0 Å². The Morgan fingerprint density at radius 3 is 2.35 bits per heavy atom. The predicted octanol–water partition coefficient (Wildman–Crippen LogP) is 2.59. The van der Waals surface area contributed by atoms with Gasteiger partial charge in [0.25, 0.3) is 0 Å². The molecule has 0 spiro atoms. The van der Waals surface area contributed by atoms with Gasteiger partial charge in [0.2, 0.25) is 5.91 Å². The van der Waals surface area contributed by atoms with Gasteiger partial charge in [-0.1, -0.05) is 53.5 Å². The molecule has 0 unspecified atom stereocenters. The molecule has 3 nitrogen and oxygen atoms in total. The van der Waals surface area contributed by atoms with E-state index in [1.807, 2.05) is 6.07 Å². The van der Waals surface area contributed by atoms with Crippen LogP contribution in [0.15, 0.2) is 30.3 Å². The predicted molar refractivity (Wildman–Crippen MR) is 69.3 cm³/mol. The van der Waals surface area contributed by atoms with E-state index >= 15 is 0 Å². The minimum atomic E-state index is -1.71. The largest absolute Gasteiger partial charge is 0.370 e. The third-order valence-corrected chi connectivity index (χ3v) is 3.80. The highest BCUT2D eigenvalue weighted by atomic mass is 35.5. The summed E-state index contributed by atoms with van der Waals surface area (Å²) in [5.41, 5.74) is 0.656. The van der Waals surface area contributed by atoms with E-state index in [9.17, 15) is 9.90 Å². The Morgan fingerprint density at radius 2 is 1.88 bits per heavy atom. The summed E-state index contributed by atoms with van der Waals surface area (Å²) >= 11 is 18.1. The molecule has 0 bridgehead atoms. The van der Waals surface area contributed by atoms with Crippen LogP contribution in [0.1, 0.15) is 17.9 Å². The van der Waals surface area contributed by atoms with Crippen molar-refractivity contribution in [1.29, 1.82) is 0 Å². The van der Waals surface area contributed by atoms with Crippen molar-refractivity contribution in [3.63, 3.8) is 0 Å². The molecule has 1 aromatic carbocycles. The van der Waals surface area contributed by atoms with Crippen molar-refractivity contribution in [1.82, 2.24) is 5.32 Å². The number of hydrogen-bond acceptors (Lipinski definition) is 2. The molecule has 1 amide bonds. The van der Waals surface area contributed by atoms with Crippen LogP contribution in [0.25, 0.3) is 0 Å². The van der Waals surface area contributed by atoms with E-state index in [1.165, 1.54) is 6.92 Å². The Bertz CT molecular complexity index is 384. The van der Waals surface area contributed by atoms with Gasteiger partial charge in [-0.2, -0.15) is 0 Å². The molecule has 0 saturated carbocycles. The molecule has 2 atom stereocenters. The molecule has 0 heterocycles. The molecule has 94 valence electrons. The summed E-state index contributed by atoms with van der Waals surface area (Å²) in [6, 6.07) is 8.84. The van der Waals surface area contributed by atoms with Crippen molar-refractivity contribution in [2.75, 3.05) is 0 Å². The average molecular weight is 297 g/mol. The number of aliphatic hydroxyl groups excluding tert-OH is 1. The van der Waals surface area contributed by atoms with E-state index in [1.54, 1.807) is 24.3 Å². The molecule has 0 aliphatic rings. The molecule has 2 N–H and O–H groups in total. The second-order valence-corrected chi connectivity index (χ2v) is 5.43. The minimum absolute atomic E-state index is 0.444. The van der Waals surface area contributed by atoms with Gasteiger partial charge < -0.3 is 10.4 Å². The van der Waals surface area contributed by atoms with Crippen molar-refractivity contribution in [2.45, 2.75) is 22.9 Å². The molecule has 0 aromatic heterocycles. The van der Waals surface area contributed by atoms with E-state index < -0.39 is 21.8 Å². The lowest BCUT2D eigenvalue weighted by Crippen LogP contribution is -2.47. The molecule has 0 radical (unpaired) electrons. The fourth-order valence-electron chi connectivity index (χ4n) is 1.27. The van der Waals surface area contributed by atoms with Crippen LogP contribution in [-0.4, -0.2) is 21.6 Å². The van der Waals surface area contributed by atoms with Crippen molar-refractivity contribution in [2.24, 2.45) is 0 Å². The number of rotatable bonds is 4. The van der Waals surface area contributed by atoms with Gasteiger partial charge in [-0.25, -0.2) is 0 Å². The van der Waals surface area contributed by atoms with Gasteiger partial charge in [0.15, 0.2) is 10.6 Å². The van der Waals surface area contributed by atoms with Gasteiger partial charge in [-0.3, -0.25) is 4.79 Å².